The molecule has 3 unspecified atom stereocenters. The lowest BCUT2D eigenvalue weighted by Crippen LogP contribution is -2.55. The first-order chi connectivity index (χ1) is 13.9. The van der Waals surface area contributed by atoms with E-state index in [9.17, 15) is 14.5 Å². The molecule has 0 aromatic heterocycles. The van der Waals surface area contributed by atoms with Gasteiger partial charge in [0.15, 0.2) is 5.78 Å². The molecule has 1 aromatic carbocycles. The molecule has 1 rings (SSSR count). The van der Waals surface area contributed by atoms with Gasteiger partial charge in [0.05, 0.1) is 4.91 Å². The van der Waals surface area contributed by atoms with Crippen LogP contribution in [0.2, 0.25) is 0 Å². The van der Waals surface area contributed by atoms with Gasteiger partial charge in [0.1, 0.15) is 24.1 Å². The van der Waals surface area contributed by atoms with Crippen LogP contribution in [0.25, 0.3) is 0 Å². The number of alkyl carbamates (subject to hydrolysis) is 1. The first-order valence-corrected chi connectivity index (χ1v) is 11.0. The molecule has 2 N–H and O–H groups in total. The van der Waals surface area contributed by atoms with Gasteiger partial charge in [-0.3, -0.25) is 10.1 Å². The monoisotopic (exact) mass is 426 g/mol. The van der Waals surface area contributed by atoms with E-state index in [-0.39, 0.29) is 24.9 Å². The van der Waals surface area contributed by atoms with Crippen LogP contribution in [-0.2, 0) is 20.9 Å². The normalized spacial score (nSPS) is 13.8. The predicted molar refractivity (Wildman–Crippen MR) is 113 cm³/mol. The molecule has 0 fully saturated rings. The quantitative estimate of drug-likeness (QED) is 0.268. The zero-order valence-electron chi connectivity index (χ0n) is 17.6. The minimum absolute atomic E-state index is 0.0691. The standard InChI is InChI=1S/C20H31N3O5S/c1-5-15(2)19(17(24)14-27-3)22-23(26)18(11-12-29-4)21-20(25)28-13-16-9-7-6-8-10-16/h6-10,15,18-19H,5,11-14H2,1-4H3,(H-,21,22,25,26)/p+1. The van der Waals surface area contributed by atoms with Gasteiger partial charge in [-0.2, -0.15) is 11.8 Å². The molecule has 3 atom stereocenters. The van der Waals surface area contributed by atoms with E-state index in [1.54, 1.807) is 11.8 Å². The summed E-state index contributed by atoms with van der Waals surface area (Å²) in [5.74, 6) is 0.377. The molecule has 0 heterocycles. The maximum absolute atomic E-state index is 12.7. The topological polar surface area (TPSA) is 96.7 Å². The average molecular weight is 427 g/mol. The summed E-state index contributed by atoms with van der Waals surface area (Å²) >= 11 is 1.56. The highest BCUT2D eigenvalue weighted by atomic mass is 32.2. The molecule has 1 aromatic rings. The molecule has 0 spiro atoms. The van der Waals surface area contributed by atoms with Crippen molar-refractivity contribution in [2.24, 2.45) is 5.92 Å². The van der Waals surface area contributed by atoms with Crippen LogP contribution in [0.5, 0.6) is 0 Å². The van der Waals surface area contributed by atoms with Crippen molar-refractivity contribution in [3.8, 4) is 0 Å². The van der Waals surface area contributed by atoms with Crippen LogP contribution in [0.4, 0.5) is 4.79 Å². The third kappa shape index (κ3) is 9.27. The summed E-state index contributed by atoms with van der Waals surface area (Å²) in [6.45, 7) is 3.85. The Morgan fingerprint density at radius 2 is 1.93 bits per heavy atom. The van der Waals surface area contributed by atoms with Crippen molar-refractivity contribution in [3.05, 3.63) is 40.8 Å². The zero-order chi connectivity index (χ0) is 21.6. The Balaban J connectivity index is 2.73. The summed E-state index contributed by atoms with van der Waals surface area (Å²) in [6.07, 6.45) is 1.46. The van der Waals surface area contributed by atoms with Gasteiger partial charge in [-0.1, -0.05) is 50.6 Å². The molecule has 0 radical (unpaired) electrons. The van der Waals surface area contributed by atoms with Crippen LogP contribution in [0.3, 0.4) is 0 Å². The third-order valence-corrected chi connectivity index (χ3v) is 5.13. The molecular formula is C20H32N3O5S+. The van der Waals surface area contributed by atoms with Crippen LogP contribution >= 0.6 is 11.8 Å². The van der Waals surface area contributed by atoms with Crippen LogP contribution in [0, 0.1) is 10.8 Å². The Morgan fingerprint density at radius 3 is 2.52 bits per heavy atom. The van der Waals surface area contributed by atoms with Crippen LogP contribution in [0.1, 0.15) is 32.3 Å². The number of nitrogens with zero attached hydrogens (tertiary/aromatic N) is 1. The lowest BCUT2D eigenvalue weighted by Gasteiger charge is -2.20. The van der Waals surface area contributed by atoms with E-state index >= 15 is 0 Å². The van der Waals surface area contributed by atoms with Crippen molar-refractivity contribution in [2.75, 3.05) is 25.7 Å². The number of ether oxygens (including phenoxy) is 2. The molecule has 162 valence electrons. The number of carbonyl (C=O) groups excluding carboxylic acids is 2. The average Bonchev–Trinajstić information content (AvgIpc) is 2.73. The SMILES string of the molecule is CCC(C)C(N[N+](=O)C(CCSC)NC(=O)OCc1ccccc1)C(=O)COC. The highest BCUT2D eigenvalue weighted by Crippen LogP contribution is 2.11. The summed E-state index contributed by atoms with van der Waals surface area (Å²) in [6, 6.07) is 8.58. The Kier molecular flexibility index (Phi) is 12.0. The Labute approximate surface area is 176 Å². The van der Waals surface area contributed by atoms with E-state index < -0.39 is 18.3 Å². The van der Waals surface area contributed by atoms with E-state index in [1.807, 2.05) is 50.4 Å². The summed E-state index contributed by atoms with van der Waals surface area (Å²) < 4.78 is 10.1. The Hall–Kier alpha value is -2.13. The fraction of sp³-hybridized carbons (Fsp3) is 0.600. The second-order valence-electron chi connectivity index (χ2n) is 6.72. The molecule has 0 aliphatic heterocycles. The van der Waals surface area contributed by atoms with Gasteiger partial charge in [-0.05, 0) is 17.7 Å². The van der Waals surface area contributed by atoms with Crippen LogP contribution in [-0.4, -0.2) is 54.7 Å². The lowest BCUT2D eigenvalue weighted by atomic mass is 9.96. The van der Waals surface area contributed by atoms with Gasteiger partial charge in [-0.25, -0.2) is 4.79 Å². The van der Waals surface area contributed by atoms with Gasteiger partial charge < -0.3 is 9.47 Å². The van der Waals surface area contributed by atoms with E-state index in [0.717, 1.165) is 5.56 Å². The van der Waals surface area contributed by atoms with Crippen molar-refractivity contribution >= 4 is 23.6 Å². The number of hydrogen-bond donors (Lipinski definition) is 2. The molecule has 29 heavy (non-hydrogen) atoms. The Bertz CT molecular complexity index is 644. The van der Waals surface area contributed by atoms with Crippen molar-refractivity contribution in [3.63, 3.8) is 0 Å². The minimum Gasteiger partial charge on any atom is -0.445 e. The second-order valence-corrected chi connectivity index (χ2v) is 7.71. The molecule has 0 aliphatic carbocycles. The number of rotatable bonds is 14. The van der Waals surface area contributed by atoms with Crippen molar-refractivity contribution in [1.82, 2.24) is 10.7 Å². The van der Waals surface area contributed by atoms with Crippen LogP contribution in [0.15, 0.2) is 30.3 Å². The lowest BCUT2D eigenvalue weighted by molar-refractivity contribution is -0.648. The first kappa shape index (κ1) is 24.9. The number of ketones is 1. The van der Waals surface area contributed by atoms with Gasteiger partial charge in [0.2, 0.25) is 0 Å². The number of Topliss-reactive ketones (excluding diaryl/α,β-unsaturated/α-hetero) is 1. The van der Waals surface area contributed by atoms with E-state index in [4.69, 9.17) is 9.47 Å². The molecule has 9 heteroatoms. The summed E-state index contributed by atoms with van der Waals surface area (Å²) in [7, 11) is 1.44. The fourth-order valence-electron chi connectivity index (χ4n) is 2.59. The summed E-state index contributed by atoms with van der Waals surface area (Å²) in [5.41, 5.74) is 3.56. The maximum atomic E-state index is 12.7. The summed E-state index contributed by atoms with van der Waals surface area (Å²) in [5, 5.41) is 2.59. The number of hydrogen-bond acceptors (Lipinski definition) is 6. The van der Waals surface area contributed by atoms with Crippen LogP contribution < -0.4 is 10.7 Å². The maximum Gasteiger partial charge on any atom is 0.412 e. The second kappa shape index (κ2) is 13.9. The molecule has 0 saturated heterocycles. The number of amides is 1. The molecule has 0 saturated carbocycles. The largest absolute Gasteiger partial charge is 0.445 e. The first-order valence-electron chi connectivity index (χ1n) is 9.63. The zero-order valence-corrected chi connectivity index (χ0v) is 18.4. The predicted octanol–water partition coefficient (Wildman–Crippen LogP) is 2.91. The smallest absolute Gasteiger partial charge is 0.412 e. The Morgan fingerprint density at radius 1 is 1.24 bits per heavy atom. The fourth-order valence-corrected chi connectivity index (χ4v) is 3.05. The molecule has 0 aliphatic rings. The third-order valence-electron chi connectivity index (χ3n) is 4.49. The van der Waals surface area contributed by atoms with Crippen molar-refractivity contribution in [1.29, 1.82) is 0 Å². The summed E-state index contributed by atoms with van der Waals surface area (Å²) in [4.78, 5) is 37.8. The van der Waals surface area contributed by atoms with Gasteiger partial charge in [0.25, 0.3) is 0 Å². The van der Waals surface area contributed by atoms with E-state index in [1.165, 1.54) is 7.11 Å². The number of nitrogens with one attached hydrogen (secondary N) is 2. The van der Waals surface area contributed by atoms with Crippen molar-refractivity contribution in [2.45, 2.75) is 45.5 Å². The van der Waals surface area contributed by atoms with E-state index in [2.05, 4.69) is 10.7 Å². The minimum atomic E-state index is -0.868. The molecule has 1 amide bonds. The van der Waals surface area contributed by atoms with Crippen molar-refractivity contribution < 1.29 is 23.9 Å². The molecule has 8 nitrogen and oxygen atoms in total. The molecular weight excluding hydrogens is 394 g/mol. The number of thioether (sulfide) groups is 1. The number of nitroso groups, excluding NO2 is 1. The van der Waals surface area contributed by atoms with E-state index in [0.29, 0.717) is 23.5 Å². The van der Waals surface area contributed by atoms with Gasteiger partial charge in [-0.15, -0.1) is 5.43 Å². The number of carbonyl (C=O) groups is 2. The molecule has 0 bridgehead atoms. The highest BCUT2D eigenvalue weighted by Gasteiger charge is 2.35. The number of methoxy groups -OCH3 is 1. The number of benzene rings is 1. The highest BCUT2D eigenvalue weighted by molar-refractivity contribution is 7.98. The van der Waals surface area contributed by atoms with Gasteiger partial charge in [0, 0.05) is 19.3 Å². The number of hydrazine groups is 1. The van der Waals surface area contributed by atoms with Gasteiger partial charge >= 0.3 is 12.3 Å².